The van der Waals surface area contributed by atoms with Gasteiger partial charge in [-0.1, -0.05) is 50.1 Å². The van der Waals surface area contributed by atoms with Crippen molar-refractivity contribution in [1.82, 2.24) is 0 Å². The predicted octanol–water partition coefficient (Wildman–Crippen LogP) is 11.5. The van der Waals surface area contributed by atoms with Gasteiger partial charge in [-0.15, -0.1) is 0 Å². The number of hydrogen-bond donors (Lipinski definition) is 0. The molecule has 1 nitrogen and oxygen atoms in total. The van der Waals surface area contributed by atoms with E-state index in [1.165, 1.54) is 0 Å². The lowest BCUT2D eigenvalue weighted by Crippen LogP contribution is -2.25. The molecule has 5 aromatic rings. The second-order valence-electron chi connectivity index (χ2n) is 10.7. The van der Waals surface area contributed by atoms with Gasteiger partial charge in [0.05, 0.1) is 5.56 Å². The SMILES string of the molecule is CCCCCc1ccc(-c2cc(F)c(C(F)(F)Oc3ccc(-c4cc(F)c(-c5ccc(F)c(F)c5)c(F)c4)c(F)c3)c(F)c2)cc1. The van der Waals surface area contributed by atoms with E-state index in [1.54, 1.807) is 24.3 Å². The van der Waals surface area contributed by atoms with Gasteiger partial charge in [0.1, 0.15) is 40.4 Å². The molecule has 0 unspecified atom stereocenters. The van der Waals surface area contributed by atoms with Crippen LogP contribution in [0, 0.1) is 40.7 Å². The molecule has 0 heterocycles. The summed E-state index contributed by atoms with van der Waals surface area (Å²) in [5, 5.41) is 0. The Bertz CT molecular complexity index is 1840. The van der Waals surface area contributed by atoms with Crippen molar-refractivity contribution in [3.05, 3.63) is 137 Å². The Morgan fingerprint density at radius 3 is 1.70 bits per heavy atom. The van der Waals surface area contributed by atoms with Gasteiger partial charge in [-0.2, -0.15) is 8.78 Å². The quantitative estimate of drug-likeness (QED) is 0.109. The van der Waals surface area contributed by atoms with E-state index in [1.807, 2.05) is 0 Å². The van der Waals surface area contributed by atoms with Crippen molar-refractivity contribution >= 4 is 0 Å². The van der Waals surface area contributed by atoms with E-state index in [9.17, 15) is 26.3 Å². The van der Waals surface area contributed by atoms with E-state index in [0.29, 0.717) is 23.8 Å². The van der Waals surface area contributed by atoms with Crippen LogP contribution in [0.3, 0.4) is 0 Å². The Morgan fingerprint density at radius 2 is 1.11 bits per heavy atom. The number of halogens is 9. The number of alkyl halides is 2. The largest absolute Gasteiger partial charge is 0.432 e. The van der Waals surface area contributed by atoms with Crippen LogP contribution in [-0.4, -0.2) is 0 Å². The molecule has 0 saturated heterocycles. The molecule has 5 rings (SSSR count). The minimum atomic E-state index is -4.58. The third kappa shape index (κ3) is 6.90. The van der Waals surface area contributed by atoms with Gasteiger partial charge in [-0.3, -0.25) is 0 Å². The molecule has 0 atom stereocenters. The van der Waals surface area contributed by atoms with Crippen molar-refractivity contribution < 1.29 is 44.3 Å². The van der Waals surface area contributed by atoms with Crippen LogP contribution >= 0.6 is 0 Å². The van der Waals surface area contributed by atoms with Crippen LogP contribution in [0.2, 0.25) is 0 Å². The average Bonchev–Trinajstić information content (AvgIpc) is 2.98. The fourth-order valence-corrected chi connectivity index (χ4v) is 5.11. The molecule has 5 aromatic carbocycles. The molecule has 0 spiro atoms. The minimum absolute atomic E-state index is 0.0279. The monoisotopic (exact) mass is 644 g/mol. The number of unbranched alkanes of at least 4 members (excludes halogenated alkanes) is 2. The predicted molar refractivity (Wildman–Crippen MR) is 157 cm³/mol. The molecule has 0 fully saturated rings. The molecule has 0 radical (unpaired) electrons. The molecule has 0 aliphatic heterocycles. The smallest absolute Gasteiger partial charge is 0.429 e. The molecule has 0 saturated carbocycles. The normalized spacial score (nSPS) is 11.6. The lowest BCUT2D eigenvalue weighted by atomic mass is 9.98. The van der Waals surface area contributed by atoms with Crippen LogP contribution in [0.15, 0.2) is 84.9 Å². The molecule has 0 aromatic heterocycles. The van der Waals surface area contributed by atoms with E-state index < -0.39 is 69.3 Å². The van der Waals surface area contributed by atoms with Gasteiger partial charge in [-0.25, -0.2) is 30.7 Å². The number of hydrogen-bond acceptors (Lipinski definition) is 1. The van der Waals surface area contributed by atoms with E-state index in [2.05, 4.69) is 11.7 Å². The second-order valence-corrected chi connectivity index (χ2v) is 10.7. The summed E-state index contributed by atoms with van der Waals surface area (Å²) in [5.74, 6) is -10.3. The summed E-state index contributed by atoms with van der Waals surface area (Å²) in [4.78, 5) is 0. The number of ether oxygens (including phenoxy) is 1. The van der Waals surface area contributed by atoms with Crippen LogP contribution in [0.5, 0.6) is 5.75 Å². The average molecular weight is 645 g/mol. The van der Waals surface area contributed by atoms with Crippen LogP contribution in [0.1, 0.15) is 37.3 Å². The Kier molecular flexibility index (Phi) is 9.46. The van der Waals surface area contributed by atoms with E-state index >= 15 is 13.2 Å². The first-order valence-electron chi connectivity index (χ1n) is 14.3. The van der Waals surface area contributed by atoms with E-state index in [4.69, 9.17) is 0 Å². The summed E-state index contributed by atoms with van der Waals surface area (Å²) >= 11 is 0. The molecule has 238 valence electrons. The summed E-state index contributed by atoms with van der Waals surface area (Å²) in [5.41, 5.74) is -2.00. The molecule has 46 heavy (non-hydrogen) atoms. The maximum atomic E-state index is 15.0. The molecule has 0 aliphatic rings. The highest BCUT2D eigenvalue weighted by Gasteiger charge is 2.41. The summed E-state index contributed by atoms with van der Waals surface area (Å²) in [6.07, 6.45) is -0.637. The van der Waals surface area contributed by atoms with Gasteiger partial charge in [0, 0.05) is 11.6 Å². The molecular formula is C36H25F9O. The topological polar surface area (TPSA) is 9.23 Å². The zero-order chi connectivity index (χ0) is 33.2. The third-order valence-electron chi connectivity index (χ3n) is 7.44. The highest BCUT2D eigenvalue weighted by molar-refractivity contribution is 5.72. The molecule has 0 aliphatic carbocycles. The fourth-order valence-electron chi connectivity index (χ4n) is 5.11. The van der Waals surface area contributed by atoms with Crippen molar-refractivity contribution in [2.75, 3.05) is 0 Å². The molecule has 10 heteroatoms. The lowest BCUT2D eigenvalue weighted by Gasteiger charge is -2.20. The molecule has 0 N–H and O–H groups in total. The van der Waals surface area contributed by atoms with Crippen molar-refractivity contribution in [2.24, 2.45) is 0 Å². The van der Waals surface area contributed by atoms with Crippen molar-refractivity contribution in [1.29, 1.82) is 0 Å². The van der Waals surface area contributed by atoms with E-state index in [-0.39, 0.29) is 16.7 Å². The number of benzene rings is 5. The minimum Gasteiger partial charge on any atom is -0.429 e. The molecular weight excluding hydrogens is 619 g/mol. The molecule has 0 bridgehead atoms. The Morgan fingerprint density at radius 1 is 0.522 bits per heavy atom. The zero-order valence-electron chi connectivity index (χ0n) is 24.2. The summed E-state index contributed by atoms with van der Waals surface area (Å²) < 4.78 is 136. The molecule has 0 amide bonds. The maximum Gasteiger partial charge on any atom is 0.432 e. The first-order chi connectivity index (χ1) is 21.9. The summed E-state index contributed by atoms with van der Waals surface area (Å²) in [7, 11) is 0. The Labute approximate surface area is 258 Å². The third-order valence-corrected chi connectivity index (χ3v) is 7.44. The first kappa shape index (κ1) is 32.7. The van der Waals surface area contributed by atoms with Crippen LogP contribution in [0.25, 0.3) is 33.4 Å². The summed E-state index contributed by atoms with van der Waals surface area (Å²) in [6, 6.07) is 14.2. The standard InChI is InChI=1S/C36H25F9O/c1-2-3-4-5-20-6-8-21(9-7-20)23-15-32(42)35(33(43)16-23)36(44,45)46-25-11-12-26(28(38)19-25)24-17-30(40)34(31(41)18-24)22-10-13-27(37)29(39)14-22/h6-19H,2-5H2,1H3. The van der Waals surface area contributed by atoms with Gasteiger partial charge in [-0.05, 0) is 89.2 Å². The Balaban J connectivity index is 1.36. The van der Waals surface area contributed by atoms with Gasteiger partial charge < -0.3 is 4.74 Å². The first-order valence-corrected chi connectivity index (χ1v) is 14.3. The summed E-state index contributed by atoms with van der Waals surface area (Å²) in [6.45, 7) is 2.08. The second kappa shape index (κ2) is 13.3. The van der Waals surface area contributed by atoms with Crippen LogP contribution in [0.4, 0.5) is 39.5 Å². The Hall–Kier alpha value is -4.73. The van der Waals surface area contributed by atoms with Crippen molar-refractivity contribution in [3.63, 3.8) is 0 Å². The van der Waals surface area contributed by atoms with Gasteiger partial charge in [0.15, 0.2) is 11.6 Å². The highest BCUT2D eigenvalue weighted by Crippen LogP contribution is 2.39. The highest BCUT2D eigenvalue weighted by atomic mass is 19.3. The maximum absolute atomic E-state index is 15.0. The van der Waals surface area contributed by atoms with E-state index in [0.717, 1.165) is 73.7 Å². The van der Waals surface area contributed by atoms with Crippen molar-refractivity contribution in [2.45, 2.75) is 38.7 Å². The number of aryl methyl sites for hydroxylation is 1. The van der Waals surface area contributed by atoms with Gasteiger partial charge in [0.2, 0.25) is 0 Å². The number of rotatable bonds is 10. The zero-order valence-corrected chi connectivity index (χ0v) is 24.2. The lowest BCUT2D eigenvalue weighted by molar-refractivity contribution is -0.189. The van der Waals surface area contributed by atoms with Gasteiger partial charge >= 0.3 is 6.11 Å². The fraction of sp³-hybridized carbons (Fsp3) is 0.167. The van der Waals surface area contributed by atoms with Crippen LogP contribution < -0.4 is 4.74 Å². The van der Waals surface area contributed by atoms with Gasteiger partial charge in [0.25, 0.3) is 0 Å². The van der Waals surface area contributed by atoms with Crippen molar-refractivity contribution in [3.8, 4) is 39.1 Å². The van der Waals surface area contributed by atoms with Crippen LogP contribution in [-0.2, 0) is 12.5 Å².